The molecule has 3 aromatic carbocycles. The van der Waals surface area contributed by atoms with Gasteiger partial charge in [0.05, 0.1) is 7.11 Å². The fraction of sp³-hybridized carbons (Fsp3) is 0.217. The smallest absolute Gasteiger partial charge is 0.163 e. The third-order valence-electron chi connectivity index (χ3n) is 4.67. The molecule has 0 saturated heterocycles. The van der Waals surface area contributed by atoms with Crippen LogP contribution in [0.3, 0.4) is 0 Å². The molecule has 0 saturated carbocycles. The van der Waals surface area contributed by atoms with Gasteiger partial charge in [0.1, 0.15) is 25.6 Å². The number of benzene rings is 3. The molecule has 7 heteroatoms. The second-order valence-corrected chi connectivity index (χ2v) is 7.58. The molecule has 1 N–H and O–H groups in total. The van der Waals surface area contributed by atoms with Gasteiger partial charge in [0.25, 0.3) is 0 Å². The fourth-order valence-electron chi connectivity index (χ4n) is 3.08. The highest BCUT2D eigenvalue weighted by Crippen LogP contribution is 2.36. The summed E-state index contributed by atoms with van der Waals surface area (Å²) in [5.74, 6) is 2.47. The van der Waals surface area contributed by atoms with Crippen LogP contribution in [0.1, 0.15) is 11.1 Å². The molecule has 1 heterocycles. The first-order valence-corrected chi connectivity index (χ1v) is 10.3. The van der Waals surface area contributed by atoms with Crippen LogP contribution in [0.15, 0.2) is 59.1 Å². The topological polar surface area (TPSA) is 49.0 Å². The summed E-state index contributed by atoms with van der Waals surface area (Å²) in [7, 11) is 1.60. The lowest BCUT2D eigenvalue weighted by molar-refractivity contribution is 0.171. The molecule has 0 atom stereocenters. The Bertz CT molecular complexity index is 1030. The molecule has 0 amide bonds. The van der Waals surface area contributed by atoms with Crippen molar-refractivity contribution in [3.8, 4) is 23.0 Å². The van der Waals surface area contributed by atoms with E-state index in [0.29, 0.717) is 37.9 Å². The van der Waals surface area contributed by atoms with Gasteiger partial charge in [-0.2, -0.15) is 0 Å². The highest BCUT2D eigenvalue weighted by molar-refractivity contribution is 9.10. The number of hydrogen-bond acceptors (Lipinski definition) is 5. The maximum Gasteiger partial charge on any atom is 0.163 e. The van der Waals surface area contributed by atoms with E-state index < -0.39 is 0 Å². The first kappa shape index (κ1) is 20.3. The molecule has 3 aromatic rings. The lowest BCUT2D eigenvalue weighted by Crippen LogP contribution is -2.15. The largest absolute Gasteiger partial charge is 0.493 e. The van der Waals surface area contributed by atoms with Gasteiger partial charge >= 0.3 is 0 Å². The Labute approximate surface area is 182 Å². The van der Waals surface area contributed by atoms with Crippen LogP contribution in [-0.2, 0) is 13.2 Å². The van der Waals surface area contributed by atoms with Gasteiger partial charge in [-0.05, 0) is 47.5 Å². The van der Waals surface area contributed by atoms with Gasteiger partial charge in [0, 0.05) is 22.8 Å². The van der Waals surface area contributed by atoms with E-state index in [4.69, 9.17) is 18.9 Å². The number of ether oxygens (including phenoxy) is 4. The molecule has 30 heavy (non-hydrogen) atoms. The Balaban J connectivity index is 1.44. The van der Waals surface area contributed by atoms with Gasteiger partial charge in [-0.1, -0.05) is 28.1 Å². The normalized spacial score (nSPS) is 12.4. The molecule has 5 nitrogen and oxygen atoms in total. The molecule has 1 aliphatic heterocycles. The van der Waals surface area contributed by atoms with Crippen molar-refractivity contribution in [3.05, 3.63) is 76.0 Å². The van der Waals surface area contributed by atoms with Gasteiger partial charge in [0.15, 0.2) is 23.0 Å². The number of nitrogens with one attached hydrogen (secondary N) is 1. The Morgan fingerprint density at radius 1 is 0.967 bits per heavy atom. The van der Waals surface area contributed by atoms with E-state index in [1.807, 2.05) is 30.3 Å². The van der Waals surface area contributed by atoms with Crippen LogP contribution in [0.25, 0.3) is 0 Å². The SMILES string of the molecule is COc1cc(CNc2ccc3c(c2)OCCO3)c(Br)cc1OCc1ccc(F)cc1. The number of fused-ring (bicyclic) bond motifs is 1. The van der Waals surface area contributed by atoms with Crippen molar-refractivity contribution in [2.24, 2.45) is 0 Å². The van der Waals surface area contributed by atoms with E-state index in [2.05, 4.69) is 21.2 Å². The van der Waals surface area contributed by atoms with E-state index in [0.717, 1.165) is 32.8 Å². The summed E-state index contributed by atoms with van der Waals surface area (Å²) in [4.78, 5) is 0. The van der Waals surface area contributed by atoms with Crippen molar-refractivity contribution in [1.29, 1.82) is 0 Å². The van der Waals surface area contributed by atoms with Crippen molar-refractivity contribution >= 4 is 21.6 Å². The highest BCUT2D eigenvalue weighted by atomic mass is 79.9. The minimum absolute atomic E-state index is 0.269. The van der Waals surface area contributed by atoms with Gasteiger partial charge in [0.2, 0.25) is 0 Å². The summed E-state index contributed by atoms with van der Waals surface area (Å²) < 4.78 is 36.5. The van der Waals surface area contributed by atoms with Crippen molar-refractivity contribution in [2.75, 3.05) is 25.6 Å². The molecule has 0 aromatic heterocycles. The van der Waals surface area contributed by atoms with E-state index in [9.17, 15) is 4.39 Å². The average Bonchev–Trinajstić information content (AvgIpc) is 2.78. The zero-order valence-electron chi connectivity index (χ0n) is 16.4. The fourth-order valence-corrected chi connectivity index (χ4v) is 3.54. The number of rotatable bonds is 7. The van der Waals surface area contributed by atoms with Crippen molar-refractivity contribution in [2.45, 2.75) is 13.2 Å². The first-order valence-electron chi connectivity index (χ1n) is 9.49. The van der Waals surface area contributed by atoms with Crippen molar-refractivity contribution in [1.82, 2.24) is 0 Å². The summed E-state index contributed by atoms with van der Waals surface area (Å²) in [5.41, 5.74) is 2.82. The van der Waals surface area contributed by atoms with Crippen LogP contribution in [0.5, 0.6) is 23.0 Å². The van der Waals surface area contributed by atoms with Crippen LogP contribution < -0.4 is 24.3 Å². The van der Waals surface area contributed by atoms with Gasteiger partial charge in [-0.3, -0.25) is 0 Å². The second kappa shape index (κ2) is 9.26. The molecule has 0 aliphatic carbocycles. The summed E-state index contributed by atoms with van der Waals surface area (Å²) in [6.07, 6.45) is 0. The maximum atomic E-state index is 13.1. The lowest BCUT2D eigenvalue weighted by Gasteiger charge is -2.19. The van der Waals surface area contributed by atoms with Crippen LogP contribution in [0, 0.1) is 5.82 Å². The Morgan fingerprint density at radius 2 is 1.73 bits per heavy atom. The monoisotopic (exact) mass is 473 g/mol. The molecular formula is C23H21BrFNO4. The molecule has 0 fully saturated rings. The lowest BCUT2D eigenvalue weighted by atomic mass is 10.2. The van der Waals surface area contributed by atoms with Gasteiger partial charge in [-0.25, -0.2) is 4.39 Å². The van der Waals surface area contributed by atoms with Crippen molar-refractivity contribution in [3.63, 3.8) is 0 Å². The zero-order chi connectivity index (χ0) is 20.9. The standard InChI is InChI=1S/C23H21BrFNO4/c1-27-21-10-16(13-26-18-6-7-20-22(11-18)29-9-8-28-20)19(24)12-23(21)30-14-15-2-4-17(25)5-3-15/h2-7,10-12,26H,8-9,13-14H2,1H3. The Kier molecular flexibility index (Phi) is 6.28. The minimum Gasteiger partial charge on any atom is -0.493 e. The minimum atomic E-state index is -0.269. The second-order valence-electron chi connectivity index (χ2n) is 6.72. The van der Waals surface area contributed by atoms with E-state index in [1.54, 1.807) is 19.2 Å². The van der Waals surface area contributed by atoms with E-state index in [-0.39, 0.29) is 5.82 Å². The predicted molar refractivity (Wildman–Crippen MR) is 116 cm³/mol. The van der Waals surface area contributed by atoms with E-state index >= 15 is 0 Å². The van der Waals surface area contributed by atoms with Gasteiger partial charge < -0.3 is 24.3 Å². The number of halogens is 2. The third kappa shape index (κ3) is 4.79. The molecule has 0 unspecified atom stereocenters. The van der Waals surface area contributed by atoms with Gasteiger partial charge in [-0.15, -0.1) is 0 Å². The molecule has 156 valence electrons. The molecule has 1 aliphatic rings. The van der Waals surface area contributed by atoms with Crippen LogP contribution >= 0.6 is 15.9 Å². The summed E-state index contributed by atoms with van der Waals surface area (Å²) in [6, 6.07) is 15.8. The van der Waals surface area contributed by atoms with Crippen LogP contribution in [0.4, 0.5) is 10.1 Å². The molecular weight excluding hydrogens is 453 g/mol. The third-order valence-corrected chi connectivity index (χ3v) is 5.40. The molecule has 0 spiro atoms. The number of methoxy groups -OCH3 is 1. The molecule has 0 radical (unpaired) electrons. The molecule has 0 bridgehead atoms. The Hall–Kier alpha value is -2.93. The number of hydrogen-bond donors (Lipinski definition) is 1. The summed E-state index contributed by atoms with van der Waals surface area (Å²) in [5, 5.41) is 3.39. The average molecular weight is 474 g/mol. The number of anilines is 1. The quantitative estimate of drug-likeness (QED) is 0.486. The summed E-state index contributed by atoms with van der Waals surface area (Å²) >= 11 is 3.61. The predicted octanol–water partition coefficient (Wildman–Crippen LogP) is 5.56. The van der Waals surface area contributed by atoms with Crippen molar-refractivity contribution < 1.29 is 23.3 Å². The highest BCUT2D eigenvalue weighted by Gasteiger charge is 2.13. The summed E-state index contributed by atoms with van der Waals surface area (Å²) in [6.45, 7) is 2.02. The molecule has 4 rings (SSSR count). The maximum absolute atomic E-state index is 13.1. The zero-order valence-corrected chi connectivity index (χ0v) is 18.0. The van der Waals surface area contributed by atoms with E-state index in [1.165, 1.54) is 12.1 Å². The Morgan fingerprint density at radius 3 is 2.50 bits per heavy atom. The van der Waals surface area contributed by atoms with Crippen LogP contribution in [-0.4, -0.2) is 20.3 Å². The first-order chi connectivity index (χ1) is 14.6. The van der Waals surface area contributed by atoms with Crippen LogP contribution in [0.2, 0.25) is 0 Å².